The van der Waals surface area contributed by atoms with E-state index in [1.54, 1.807) is 7.11 Å². The highest BCUT2D eigenvalue weighted by atomic mass is 19.1. The van der Waals surface area contributed by atoms with E-state index in [-0.39, 0.29) is 23.5 Å². The van der Waals surface area contributed by atoms with Gasteiger partial charge in [0.1, 0.15) is 5.69 Å². The molecule has 5 nitrogen and oxygen atoms in total. The van der Waals surface area contributed by atoms with Crippen molar-refractivity contribution in [3.63, 3.8) is 0 Å². The summed E-state index contributed by atoms with van der Waals surface area (Å²) in [7, 11) is 1.65. The largest absolute Gasteiger partial charge is 0.381 e. The van der Waals surface area contributed by atoms with Crippen molar-refractivity contribution in [1.82, 2.24) is 0 Å². The maximum Gasteiger partial charge on any atom is 0.295 e. The first-order valence-electron chi connectivity index (χ1n) is 6.34. The van der Waals surface area contributed by atoms with Gasteiger partial charge in [-0.25, -0.2) is 4.39 Å². The van der Waals surface area contributed by atoms with Gasteiger partial charge >= 0.3 is 0 Å². The molecule has 0 bridgehead atoms. The van der Waals surface area contributed by atoms with Gasteiger partial charge in [-0.05, 0) is 31.7 Å². The molecule has 0 aliphatic heterocycles. The average molecular weight is 268 g/mol. The number of ether oxygens (including phenoxy) is 1. The number of rotatable bonds is 4. The molecule has 104 valence electrons. The second kappa shape index (κ2) is 5.97. The predicted molar refractivity (Wildman–Crippen MR) is 69.7 cm³/mol. The SMILES string of the molecule is CO[C@@H]1CCC[C@@H](Nc2c(F)cccc2[N+](=O)[O-])C1. The Morgan fingerprint density at radius 3 is 2.95 bits per heavy atom. The smallest absolute Gasteiger partial charge is 0.295 e. The van der Waals surface area contributed by atoms with E-state index in [1.165, 1.54) is 18.2 Å². The number of nitro benzene ring substituents is 1. The maximum atomic E-state index is 13.7. The molecule has 0 spiro atoms. The number of methoxy groups -OCH3 is 1. The Morgan fingerprint density at radius 1 is 1.47 bits per heavy atom. The van der Waals surface area contributed by atoms with E-state index < -0.39 is 10.7 Å². The van der Waals surface area contributed by atoms with E-state index in [0.29, 0.717) is 0 Å². The minimum absolute atomic E-state index is 0.00861. The Balaban J connectivity index is 2.16. The van der Waals surface area contributed by atoms with E-state index in [9.17, 15) is 14.5 Å². The molecule has 2 atom stereocenters. The van der Waals surface area contributed by atoms with Crippen molar-refractivity contribution in [2.45, 2.75) is 37.8 Å². The maximum absolute atomic E-state index is 13.7. The van der Waals surface area contributed by atoms with Crippen LogP contribution in [0.1, 0.15) is 25.7 Å². The van der Waals surface area contributed by atoms with Crippen molar-refractivity contribution in [3.05, 3.63) is 34.1 Å². The molecule has 1 aromatic carbocycles. The molecule has 19 heavy (non-hydrogen) atoms. The molecule has 1 fully saturated rings. The summed E-state index contributed by atoms with van der Waals surface area (Å²) in [6.45, 7) is 0. The normalized spacial score (nSPS) is 23.1. The zero-order valence-corrected chi connectivity index (χ0v) is 10.8. The van der Waals surface area contributed by atoms with Crippen molar-refractivity contribution >= 4 is 11.4 Å². The zero-order valence-electron chi connectivity index (χ0n) is 10.8. The Labute approximate surface area is 110 Å². The number of para-hydroxylation sites is 1. The summed E-state index contributed by atoms with van der Waals surface area (Å²) < 4.78 is 19.0. The van der Waals surface area contributed by atoms with Crippen LogP contribution >= 0.6 is 0 Å². The van der Waals surface area contributed by atoms with Gasteiger partial charge in [-0.2, -0.15) is 0 Å². The van der Waals surface area contributed by atoms with Gasteiger partial charge < -0.3 is 10.1 Å². The van der Waals surface area contributed by atoms with Crippen LogP contribution < -0.4 is 5.32 Å². The fraction of sp³-hybridized carbons (Fsp3) is 0.538. The fourth-order valence-electron chi connectivity index (χ4n) is 2.50. The Hall–Kier alpha value is -1.69. The molecule has 2 rings (SSSR count). The summed E-state index contributed by atoms with van der Waals surface area (Å²) in [6, 6.07) is 3.89. The molecule has 0 unspecified atom stereocenters. The first-order valence-corrected chi connectivity index (χ1v) is 6.34. The lowest BCUT2D eigenvalue weighted by Gasteiger charge is -2.29. The molecule has 0 aromatic heterocycles. The minimum atomic E-state index is -0.589. The van der Waals surface area contributed by atoms with E-state index in [2.05, 4.69) is 5.32 Å². The van der Waals surface area contributed by atoms with Crippen molar-refractivity contribution in [3.8, 4) is 0 Å². The lowest BCUT2D eigenvalue weighted by Crippen LogP contribution is -2.31. The van der Waals surface area contributed by atoms with Crippen LogP contribution in [0.15, 0.2) is 18.2 Å². The molecule has 1 N–H and O–H groups in total. The van der Waals surface area contributed by atoms with Crippen LogP contribution in [-0.2, 0) is 4.74 Å². The second-order valence-corrected chi connectivity index (χ2v) is 4.76. The van der Waals surface area contributed by atoms with Crippen LogP contribution in [0.3, 0.4) is 0 Å². The number of anilines is 1. The van der Waals surface area contributed by atoms with Gasteiger partial charge in [-0.1, -0.05) is 6.07 Å². The molecular weight excluding hydrogens is 251 g/mol. The number of halogens is 1. The molecular formula is C13H17FN2O3. The summed E-state index contributed by atoms with van der Waals surface area (Å²) in [5.74, 6) is -0.589. The summed E-state index contributed by atoms with van der Waals surface area (Å²) in [5, 5.41) is 13.9. The quantitative estimate of drug-likeness (QED) is 0.673. The molecule has 6 heteroatoms. The Morgan fingerprint density at radius 2 is 2.26 bits per heavy atom. The van der Waals surface area contributed by atoms with Crippen molar-refractivity contribution in [2.75, 3.05) is 12.4 Å². The standard InChI is InChI=1S/C13H17FN2O3/c1-19-10-5-2-4-9(8-10)15-13-11(14)6-3-7-12(13)16(17)18/h3,6-7,9-10,15H,2,4-5,8H2,1H3/t9-,10-/m1/s1. The van der Waals surface area contributed by atoms with Gasteiger partial charge in [0.2, 0.25) is 0 Å². The second-order valence-electron chi connectivity index (χ2n) is 4.76. The van der Waals surface area contributed by atoms with Gasteiger partial charge in [-0.3, -0.25) is 10.1 Å². The first kappa shape index (κ1) is 13.7. The van der Waals surface area contributed by atoms with Crippen LogP contribution in [0.2, 0.25) is 0 Å². The zero-order chi connectivity index (χ0) is 13.8. The summed E-state index contributed by atoms with van der Waals surface area (Å²) >= 11 is 0. The number of hydrogen-bond acceptors (Lipinski definition) is 4. The lowest BCUT2D eigenvalue weighted by molar-refractivity contribution is -0.384. The molecule has 0 heterocycles. The number of hydrogen-bond donors (Lipinski definition) is 1. The van der Waals surface area contributed by atoms with Gasteiger partial charge in [0, 0.05) is 19.2 Å². The molecule has 0 radical (unpaired) electrons. The monoisotopic (exact) mass is 268 g/mol. The molecule has 1 aromatic rings. The number of benzene rings is 1. The van der Waals surface area contributed by atoms with Crippen molar-refractivity contribution in [1.29, 1.82) is 0 Å². The highest BCUT2D eigenvalue weighted by Gasteiger charge is 2.25. The lowest BCUT2D eigenvalue weighted by atomic mass is 9.92. The Bertz CT molecular complexity index is 467. The van der Waals surface area contributed by atoms with E-state index in [4.69, 9.17) is 4.74 Å². The third-order valence-electron chi connectivity index (χ3n) is 3.50. The van der Waals surface area contributed by atoms with Gasteiger partial charge in [0.25, 0.3) is 5.69 Å². The number of nitrogens with zero attached hydrogens (tertiary/aromatic N) is 1. The van der Waals surface area contributed by atoms with Crippen LogP contribution in [0.5, 0.6) is 0 Å². The highest BCUT2D eigenvalue weighted by Crippen LogP contribution is 2.31. The summed E-state index contributed by atoms with van der Waals surface area (Å²) in [6.07, 6.45) is 3.69. The van der Waals surface area contributed by atoms with Crippen LogP contribution in [0.25, 0.3) is 0 Å². The fourth-order valence-corrected chi connectivity index (χ4v) is 2.50. The van der Waals surface area contributed by atoms with Crippen LogP contribution in [0.4, 0.5) is 15.8 Å². The van der Waals surface area contributed by atoms with E-state index >= 15 is 0 Å². The molecule has 1 aliphatic carbocycles. The topological polar surface area (TPSA) is 64.4 Å². The molecule has 0 saturated heterocycles. The van der Waals surface area contributed by atoms with E-state index in [1.807, 2.05) is 0 Å². The van der Waals surface area contributed by atoms with E-state index in [0.717, 1.165) is 25.7 Å². The van der Waals surface area contributed by atoms with Gasteiger partial charge in [0.15, 0.2) is 5.82 Å². The van der Waals surface area contributed by atoms with Gasteiger partial charge in [-0.15, -0.1) is 0 Å². The number of nitrogens with one attached hydrogen (secondary N) is 1. The third-order valence-corrected chi connectivity index (χ3v) is 3.50. The molecule has 1 aliphatic rings. The van der Waals surface area contributed by atoms with Gasteiger partial charge in [0.05, 0.1) is 11.0 Å². The predicted octanol–water partition coefficient (Wildman–Crippen LogP) is 3.10. The molecule has 0 amide bonds. The van der Waals surface area contributed by atoms with Crippen molar-refractivity contribution < 1.29 is 14.1 Å². The molecule has 1 saturated carbocycles. The first-order chi connectivity index (χ1) is 9.11. The summed E-state index contributed by atoms with van der Waals surface area (Å²) in [4.78, 5) is 10.3. The third kappa shape index (κ3) is 3.20. The summed E-state index contributed by atoms with van der Waals surface area (Å²) in [5.41, 5.74) is -0.242. The number of nitro groups is 1. The van der Waals surface area contributed by atoms with Crippen LogP contribution in [0, 0.1) is 15.9 Å². The van der Waals surface area contributed by atoms with Crippen LogP contribution in [-0.4, -0.2) is 24.2 Å². The van der Waals surface area contributed by atoms with Crippen molar-refractivity contribution in [2.24, 2.45) is 0 Å². The average Bonchev–Trinajstić information content (AvgIpc) is 2.41. The Kier molecular flexibility index (Phi) is 4.31. The minimum Gasteiger partial charge on any atom is -0.381 e. The highest BCUT2D eigenvalue weighted by molar-refractivity contribution is 5.62.